The van der Waals surface area contributed by atoms with Crippen molar-refractivity contribution in [1.29, 1.82) is 0 Å². The van der Waals surface area contributed by atoms with Gasteiger partial charge in [0.15, 0.2) is 6.29 Å². The number of rotatable bonds is 9. The monoisotopic (exact) mass is 483 g/mol. The number of unbranched alkanes of at least 4 members (excludes halogenated alkanes) is 1. The number of carboxylic acid groups (broad SMARTS) is 1. The van der Waals surface area contributed by atoms with Gasteiger partial charge in [-0.05, 0) is 38.5 Å². The number of carbonyl (C=O) groups excluding carboxylic acids is 1. The van der Waals surface area contributed by atoms with Crippen molar-refractivity contribution in [2.45, 2.75) is 69.9 Å². The molecule has 1 radical (unpaired) electrons. The molecule has 25 heavy (non-hydrogen) atoms. The standard InChI is InChI=1S/C18H27FO5.Pr/c19-15-11-16(24-18-9-5-6-10-23-18)13(14(15)12-20)7-3-1-2-4-8-17(21)22;/h1,3,12-16,18H,2,4-11H2,(H,21,22);/b3-1-;/t13-,14-,15+,16+,18?;/m1./s1. The predicted molar refractivity (Wildman–Crippen MR) is 86.3 cm³/mol. The number of alkyl halides is 1. The van der Waals surface area contributed by atoms with Gasteiger partial charge >= 0.3 is 5.97 Å². The van der Waals surface area contributed by atoms with Crippen molar-refractivity contribution < 1.29 is 69.9 Å². The molecule has 7 heteroatoms. The summed E-state index contributed by atoms with van der Waals surface area (Å²) >= 11 is 0. The molecule has 1 N–H and O–H groups in total. The Balaban J connectivity index is 0.00000312. The first-order chi connectivity index (χ1) is 11.6. The number of carboxylic acids is 1. The Hall–Kier alpha value is 0.0936. The Labute approximate surface area is 181 Å². The molecule has 1 saturated heterocycles. The Morgan fingerprint density at radius 2 is 2.12 bits per heavy atom. The van der Waals surface area contributed by atoms with Crippen LogP contribution in [0.5, 0.6) is 0 Å². The average Bonchev–Trinajstić information content (AvgIpc) is 2.86. The van der Waals surface area contributed by atoms with Crippen LogP contribution in [0, 0.1) is 53.1 Å². The van der Waals surface area contributed by atoms with Crippen LogP contribution in [0.4, 0.5) is 4.39 Å². The number of hydrogen-bond acceptors (Lipinski definition) is 4. The number of allylic oxidation sites excluding steroid dienone is 2. The summed E-state index contributed by atoms with van der Waals surface area (Å²) in [5.41, 5.74) is 0. The van der Waals surface area contributed by atoms with Gasteiger partial charge in [-0.15, -0.1) is 0 Å². The van der Waals surface area contributed by atoms with Gasteiger partial charge in [-0.3, -0.25) is 4.79 Å². The van der Waals surface area contributed by atoms with E-state index in [0.29, 0.717) is 32.2 Å². The minimum Gasteiger partial charge on any atom is -0.481 e. The minimum atomic E-state index is -1.17. The molecule has 2 aliphatic rings. The van der Waals surface area contributed by atoms with Gasteiger partial charge in [0, 0.05) is 66.7 Å². The molecule has 0 aromatic carbocycles. The van der Waals surface area contributed by atoms with Gasteiger partial charge in [0.1, 0.15) is 12.5 Å². The normalized spacial score (nSPS) is 32.4. The molecule has 2 rings (SSSR count). The van der Waals surface area contributed by atoms with E-state index in [9.17, 15) is 14.0 Å². The van der Waals surface area contributed by atoms with Crippen LogP contribution in [0.2, 0.25) is 0 Å². The van der Waals surface area contributed by atoms with Crippen molar-refractivity contribution in [2.75, 3.05) is 6.61 Å². The summed E-state index contributed by atoms with van der Waals surface area (Å²) in [4.78, 5) is 21.7. The van der Waals surface area contributed by atoms with E-state index >= 15 is 0 Å². The van der Waals surface area contributed by atoms with Gasteiger partial charge in [0.05, 0.1) is 12.0 Å². The fraction of sp³-hybridized carbons (Fsp3) is 0.778. The average molecular weight is 483 g/mol. The Morgan fingerprint density at radius 1 is 1.32 bits per heavy atom. The zero-order valence-corrected chi connectivity index (χ0v) is 18.2. The fourth-order valence-corrected chi connectivity index (χ4v) is 3.48. The number of hydrogen-bond donors (Lipinski definition) is 1. The van der Waals surface area contributed by atoms with Crippen LogP contribution in [0.3, 0.4) is 0 Å². The molecule has 2 fully saturated rings. The molecule has 5 nitrogen and oxygen atoms in total. The van der Waals surface area contributed by atoms with E-state index in [2.05, 4.69) is 0 Å². The first-order valence-electron chi connectivity index (χ1n) is 8.85. The molecule has 0 aromatic rings. The van der Waals surface area contributed by atoms with Gasteiger partial charge in [0.25, 0.3) is 0 Å². The molecule has 0 amide bonds. The van der Waals surface area contributed by atoms with Gasteiger partial charge in [-0.1, -0.05) is 12.2 Å². The fourth-order valence-electron chi connectivity index (χ4n) is 3.48. The number of ether oxygens (including phenoxy) is 2. The van der Waals surface area contributed by atoms with E-state index in [4.69, 9.17) is 14.6 Å². The van der Waals surface area contributed by atoms with E-state index in [0.717, 1.165) is 19.3 Å². The molecule has 5 atom stereocenters. The molecule has 1 unspecified atom stereocenters. The van der Waals surface area contributed by atoms with Gasteiger partial charge < -0.3 is 19.4 Å². The van der Waals surface area contributed by atoms with E-state index < -0.39 is 18.1 Å². The van der Waals surface area contributed by atoms with E-state index in [1.807, 2.05) is 12.2 Å². The molecular weight excluding hydrogens is 456 g/mol. The quantitative estimate of drug-likeness (QED) is 0.310. The van der Waals surface area contributed by atoms with Crippen LogP contribution in [0.25, 0.3) is 0 Å². The van der Waals surface area contributed by atoms with Crippen molar-refractivity contribution in [3.8, 4) is 0 Å². The molecule has 1 aliphatic carbocycles. The smallest absolute Gasteiger partial charge is 0.303 e. The number of carbonyl (C=O) groups is 2. The predicted octanol–water partition coefficient (Wildman–Crippen LogP) is 3.27. The Bertz CT molecular complexity index is 439. The maximum atomic E-state index is 14.1. The summed E-state index contributed by atoms with van der Waals surface area (Å²) in [7, 11) is 0. The summed E-state index contributed by atoms with van der Waals surface area (Å²) in [6, 6.07) is 0. The van der Waals surface area contributed by atoms with Crippen LogP contribution in [0.15, 0.2) is 12.2 Å². The maximum Gasteiger partial charge on any atom is 0.303 e. The second-order valence-electron chi connectivity index (χ2n) is 6.59. The zero-order valence-electron chi connectivity index (χ0n) is 14.5. The molecule has 1 saturated carbocycles. The van der Waals surface area contributed by atoms with E-state index in [1.165, 1.54) is 0 Å². The molecule has 0 aromatic heterocycles. The minimum absolute atomic E-state index is 0. The molecule has 0 spiro atoms. The molecule has 139 valence electrons. The topological polar surface area (TPSA) is 72.8 Å². The van der Waals surface area contributed by atoms with Crippen LogP contribution in [0.1, 0.15) is 51.4 Å². The maximum absolute atomic E-state index is 14.1. The molecule has 1 heterocycles. The van der Waals surface area contributed by atoms with Crippen molar-refractivity contribution >= 4 is 12.3 Å². The van der Waals surface area contributed by atoms with Crippen LogP contribution in [-0.2, 0) is 19.1 Å². The second-order valence-corrected chi connectivity index (χ2v) is 6.59. The van der Waals surface area contributed by atoms with Crippen LogP contribution < -0.4 is 0 Å². The summed E-state index contributed by atoms with van der Waals surface area (Å²) in [6.07, 6.45) is 7.84. The zero-order chi connectivity index (χ0) is 17.4. The number of aldehydes is 1. The second kappa shape index (κ2) is 12.5. The summed E-state index contributed by atoms with van der Waals surface area (Å²) in [6.45, 7) is 0.668. The summed E-state index contributed by atoms with van der Waals surface area (Å²) in [5, 5.41) is 8.60. The molecular formula is C18H27FO5Pr. The SMILES string of the molecule is O=C[C@@H]1[C@@H](C/C=C\CCCC(=O)O)[C@@H](OC2CCCCO2)C[C@@H]1F.[Pr]. The van der Waals surface area contributed by atoms with Gasteiger partial charge in [-0.25, -0.2) is 4.39 Å². The van der Waals surface area contributed by atoms with Gasteiger partial charge in [0.2, 0.25) is 0 Å². The molecule has 0 bridgehead atoms. The molecule has 1 aliphatic heterocycles. The third-order valence-electron chi connectivity index (χ3n) is 4.81. The van der Waals surface area contributed by atoms with Crippen molar-refractivity contribution in [2.24, 2.45) is 11.8 Å². The first-order valence-corrected chi connectivity index (χ1v) is 8.85. The van der Waals surface area contributed by atoms with E-state index in [1.54, 1.807) is 0 Å². The number of aliphatic carboxylic acids is 1. The number of halogens is 1. The van der Waals surface area contributed by atoms with Crippen molar-refractivity contribution in [3.05, 3.63) is 12.2 Å². The summed E-state index contributed by atoms with van der Waals surface area (Å²) < 4.78 is 25.6. The van der Waals surface area contributed by atoms with Gasteiger partial charge in [-0.2, -0.15) is 0 Å². The largest absolute Gasteiger partial charge is 0.481 e. The first kappa shape index (κ1) is 23.1. The van der Waals surface area contributed by atoms with Crippen molar-refractivity contribution in [1.82, 2.24) is 0 Å². The van der Waals surface area contributed by atoms with Crippen LogP contribution >= 0.6 is 0 Å². The van der Waals surface area contributed by atoms with Crippen LogP contribution in [-0.4, -0.2) is 42.5 Å². The van der Waals surface area contributed by atoms with Crippen molar-refractivity contribution in [3.63, 3.8) is 0 Å². The Kier molecular flexibility index (Phi) is 11.5. The third-order valence-corrected chi connectivity index (χ3v) is 4.81. The third kappa shape index (κ3) is 7.70. The Morgan fingerprint density at radius 3 is 2.76 bits per heavy atom. The van der Waals surface area contributed by atoms with E-state index in [-0.39, 0.29) is 72.4 Å². The summed E-state index contributed by atoms with van der Waals surface area (Å²) in [5.74, 6) is -1.62.